The van der Waals surface area contributed by atoms with E-state index in [2.05, 4.69) is 16.0 Å². The second-order valence-corrected chi connectivity index (χ2v) is 7.00. The van der Waals surface area contributed by atoms with Crippen molar-refractivity contribution in [2.45, 2.75) is 25.8 Å². The van der Waals surface area contributed by atoms with Crippen molar-refractivity contribution in [3.05, 3.63) is 60.2 Å². The first-order valence-corrected chi connectivity index (χ1v) is 9.68. The summed E-state index contributed by atoms with van der Waals surface area (Å²) >= 11 is 0. The minimum atomic E-state index is -0.661. The summed E-state index contributed by atoms with van der Waals surface area (Å²) in [5.74, 6) is -0.775. The zero-order valence-electron chi connectivity index (χ0n) is 16.3. The van der Waals surface area contributed by atoms with E-state index in [-0.39, 0.29) is 23.6 Å². The molecule has 0 spiro atoms. The van der Waals surface area contributed by atoms with Crippen molar-refractivity contribution in [1.82, 2.24) is 5.32 Å². The van der Waals surface area contributed by atoms with Gasteiger partial charge in [-0.25, -0.2) is 0 Å². The van der Waals surface area contributed by atoms with Gasteiger partial charge < -0.3 is 20.7 Å². The molecule has 1 heterocycles. The Labute approximate surface area is 169 Å². The van der Waals surface area contributed by atoms with Gasteiger partial charge in [-0.1, -0.05) is 18.2 Å². The summed E-state index contributed by atoms with van der Waals surface area (Å²) in [5.41, 5.74) is 1.75. The van der Waals surface area contributed by atoms with E-state index in [0.717, 1.165) is 0 Å². The van der Waals surface area contributed by atoms with Crippen molar-refractivity contribution in [2.24, 2.45) is 5.92 Å². The summed E-state index contributed by atoms with van der Waals surface area (Å²) in [5, 5.41) is 8.32. The molecule has 0 aliphatic carbocycles. The van der Waals surface area contributed by atoms with E-state index in [4.69, 9.17) is 4.74 Å². The lowest BCUT2D eigenvalue weighted by molar-refractivity contribution is -0.131. The quantitative estimate of drug-likeness (QED) is 0.701. The normalized spacial score (nSPS) is 15.2. The van der Waals surface area contributed by atoms with Crippen LogP contribution in [0.15, 0.2) is 54.6 Å². The molecule has 1 aliphatic rings. The Kier molecular flexibility index (Phi) is 6.97. The second-order valence-electron chi connectivity index (χ2n) is 7.00. The Balaban J connectivity index is 1.51. The van der Waals surface area contributed by atoms with Gasteiger partial charge in [0.05, 0.1) is 0 Å². The van der Waals surface area contributed by atoms with Gasteiger partial charge in [-0.05, 0) is 56.2 Å². The smallest absolute Gasteiger partial charge is 0.255 e. The maximum atomic E-state index is 12.4. The molecular formula is C22H25N3O4. The van der Waals surface area contributed by atoms with E-state index in [9.17, 15) is 14.4 Å². The van der Waals surface area contributed by atoms with Crippen LogP contribution in [0.5, 0.6) is 0 Å². The molecule has 0 saturated carbocycles. The zero-order chi connectivity index (χ0) is 20.6. The first kappa shape index (κ1) is 20.5. The highest BCUT2D eigenvalue weighted by Crippen LogP contribution is 2.15. The van der Waals surface area contributed by atoms with Crippen LogP contribution >= 0.6 is 0 Å². The van der Waals surface area contributed by atoms with E-state index in [0.29, 0.717) is 43.0 Å². The number of hydrogen-bond acceptors (Lipinski definition) is 4. The Bertz CT molecular complexity index is 846. The minimum absolute atomic E-state index is 0.110. The molecular weight excluding hydrogens is 370 g/mol. The van der Waals surface area contributed by atoms with Crippen LogP contribution in [0.2, 0.25) is 0 Å². The molecule has 7 heteroatoms. The summed E-state index contributed by atoms with van der Waals surface area (Å²) in [6.07, 6.45) is 1.35. The monoisotopic (exact) mass is 395 g/mol. The standard InChI is InChI=1S/C22H25N3O4/c1-15(23-21(27)17-11-13-29-14-12-17)20(26)24-19-9-7-16(8-10-19)22(28)25-18-5-3-2-4-6-18/h2-10,15,17H,11-14H2,1H3,(H,23,27)(H,24,26)(H,25,28). The summed E-state index contributed by atoms with van der Waals surface area (Å²) < 4.78 is 5.25. The average molecular weight is 395 g/mol. The van der Waals surface area contributed by atoms with Gasteiger partial charge in [0.1, 0.15) is 6.04 Å². The van der Waals surface area contributed by atoms with Gasteiger partial charge in [0.2, 0.25) is 11.8 Å². The molecule has 2 aromatic carbocycles. The van der Waals surface area contributed by atoms with E-state index >= 15 is 0 Å². The predicted molar refractivity (Wildman–Crippen MR) is 111 cm³/mol. The van der Waals surface area contributed by atoms with Crippen molar-refractivity contribution >= 4 is 29.1 Å². The lowest BCUT2D eigenvalue weighted by atomic mass is 9.99. The number of ether oxygens (including phenoxy) is 1. The van der Waals surface area contributed by atoms with E-state index in [1.54, 1.807) is 31.2 Å². The molecule has 0 bridgehead atoms. The van der Waals surface area contributed by atoms with Crippen LogP contribution in [-0.2, 0) is 14.3 Å². The first-order chi connectivity index (χ1) is 14.0. The van der Waals surface area contributed by atoms with E-state index in [1.807, 2.05) is 30.3 Å². The van der Waals surface area contributed by atoms with Crippen molar-refractivity contribution in [3.63, 3.8) is 0 Å². The molecule has 1 aliphatic heterocycles. The number of carbonyl (C=O) groups excluding carboxylic acids is 3. The molecule has 0 radical (unpaired) electrons. The molecule has 1 fully saturated rings. The number of rotatable bonds is 6. The third-order valence-electron chi connectivity index (χ3n) is 4.79. The number of anilines is 2. The molecule has 7 nitrogen and oxygen atoms in total. The summed E-state index contributed by atoms with van der Waals surface area (Å²) in [7, 11) is 0. The number of para-hydroxylation sites is 1. The van der Waals surface area contributed by atoms with Crippen molar-refractivity contribution in [3.8, 4) is 0 Å². The number of carbonyl (C=O) groups is 3. The summed E-state index contributed by atoms with van der Waals surface area (Å²) in [6, 6.07) is 15.1. The third-order valence-corrected chi connectivity index (χ3v) is 4.79. The number of hydrogen-bond donors (Lipinski definition) is 3. The first-order valence-electron chi connectivity index (χ1n) is 9.68. The molecule has 2 aromatic rings. The van der Waals surface area contributed by atoms with Gasteiger partial charge in [-0.15, -0.1) is 0 Å². The minimum Gasteiger partial charge on any atom is -0.381 e. The van der Waals surface area contributed by atoms with Crippen LogP contribution in [-0.4, -0.2) is 37.0 Å². The molecule has 1 unspecified atom stereocenters. The van der Waals surface area contributed by atoms with Crippen LogP contribution < -0.4 is 16.0 Å². The third kappa shape index (κ3) is 5.89. The fourth-order valence-electron chi connectivity index (χ4n) is 3.04. The Morgan fingerprint density at radius 2 is 1.52 bits per heavy atom. The van der Waals surface area contributed by atoms with Crippen LogP contribution in [0.4, 0.5) is 11.4 Å². The van der Waals surface area contributed by atoms with Crippen molar-refractivity contribution in [1.29, 1.82) is 0 Å². The highest BCUT2D eigenvalue weighted by molar-refractivity contribution is 6.04. The Morgan fingerprint density at radius 1 is 0.897 bits per heavy atom. The lowest BCUT2D eigenvalue weighted by Gasteiger charge is -2.23. The maximum Gasteiger partial charge on any atom is 0.255 e. The van der Waals surface area contributed by atoms with Crippen LogP contribution in [0.3, 0.4) is 0 Å². The van der Waals surface area contributed by atoms with Gasteiger partial charge >= 0.3 is 0 Å². The largest absolute Gasteiger partial charge is 0.381 e. The lowest BCUT2D eigenvalue weighted by Crippen LogP contribution is -2.45. The van der Waals surface area contributed by atoms with E-state index in [1.165, 1.54) is 0 Å². The van der Waals surface area contributed by atoms with Gasteiger partial charge in [0.15, 0.2) is 0 Å². The average Bonchev–Trinajstić information content (AvgIpc) is 2.75. The number of amides is 3. The zero-order valence-corrected chi connectivity index (χ0v) is 16.3. The molecule has 3 N–H and O–H groups in total. The van der Waals surface area contributed by atoms with Gasteiger partial charge in [-0.2, -0.15) is 0 Å². The molecule has 3 amide bonds. The summed E-state index contributed by atoms with van der Waals surface area (Å²) in [4.78, 5) is 36.9. The van der Waals surface area contributed by atoms with Crippen molar-refractivity contribution in [2.75, 3.05) is 23.8 Å². The van der Waals surface area contributed by atoms with E-state index < -0.39 is 6.04 Å². The molecule has 0 aromatic heterocycles. The van der Waals surface area contributed by atoms with Crippen LogP contribution in [0.25, 0.3) is 0 Å². The SMILES string of the molecule is CC(NC(=O)C1CCOCC1)C(=O)Nc1ccc(C(=O)Nc2ccccc2)cc1. The Morgan fingerprint density at radius 3 is 2.17 bits per heavy atom. The predicted octanol–water partition coefficient (Wildman–Crippen LogP) is 2.81. The van der Waals surface area contributed by atoms with Crippen LogP contribution in [0.1, 0.15) is 30.1 Å². The number of benzene rings is 2. The summed E-state index contributed by atoms with van der Waals surface area (Å²) in [6.45, 7) is 2.79. The molecule has 29 heavy (non-hydrogen) atoms. The molecule has 1 saturated heterocycles. The second kappa shape index (κ2) is 9.84. The Hall–Kier alpha value is -3.19. The highest BCUT2D eigenvalue weighted by Gasteiger charge is 2.24. The topological polar surface area (TPSA) is 96.5 Å². The van der Waals surface area contributed by atoms with Gasteiger partial charge in [-0.3, -0.25) is 14.4 Å². The molecule has 1 atom stereocenters. The number of nitrogens with one attached hydrogen (secondary N) is 3. The molecule has 152 valence electrons. The fraction of sp³-hybridized carbons (Fsp3) is 0.318. The van der Waals surface area contributed by atoms with Crippen molar-refractivity contribution < 1.29 is 19.1 Å². The van der Waals surface area contributed by atoms with Gasteiger partial charge in [0, 0.05) is 36.1 Å². The highest BCUT2D eigenvalue weighted by atomic mass is 16.5. The van der Waals surface area contributed by atoms with Crippen LogP contribution in [0, 0.1) is 5.92 Å². The van der Waals surface area contributed by atoms with Gasteiger partial charge in [0.25, 0.3) is 5.91 Å². The fourth-order valence-corrected chi connectivity index (χ4v) is 3.04. The maximum absolute atomic E-state index is 12.4. The molecule has 3 rings (SSSR count).